The molecule has 0 aromatic heterocycles. The molecule has 24 heavy (non-hydrogen) atoms. The van der Waals surface area contributed by atoms with Gasteiger partial charge in [0.2, 0.25) is 0 Å². The molecule has 0 spiro atoms. The van der Waals surface area contributed by atoms with E-state index in [9.17, 15) is 8.78 Å². The van der Waals surface area contributed by atoms with Crippen LogP contribution in [0.5, 0.6) is 0 Å². The molecule has 0 bridgehead atoms. The summed E-state index contributed by atoms with van der Waals surface area (Å²) < 4.78 is 32.5. The fourth-order valence-electron chi connectivity index (χ4n) is 2.60. The van der Waals surface area contributed by atoms with E-state index in [4.69, 9.17) is 4.74 Å². The van der Waals surface area contributed by atoms with Crippen molar-refractivity contribution in [2.75, 3.05) is 57.9 Å². The molecule has 1 aliphatic rings. The highest BCUT2D eigenvalue weighted by Crippen LogP contribution is 2.21. The average Bonchev–Trinajstić information content (AvgIpc) is 2.57. The summed E-state index contributed by atoms with van der Waals surface area (Å²) in [6.07, 6.45) is 0. The number of nitrogens with zero attached hydrogens (tertiary/aromatic N) is 3. The fraction of sp³-hybridized carbons (Fsp3) is 0.562. The van der Waals surface area contributed by atoms with Gasteiger partial charge in [-0.2, -0.15) is 0 Å². The maximum atomic E-state index is 13.8. The minimum atomic E-state index is -0.419. The largest absolute Gasteiger partial charge is 0.380 e. The van der Waals surface area contributed by atoms with E-state index < -0.39 is 5.82 Å². The number of halogens is 3. The lowest BCUT2D eigenvalue weighted by Crippen LogP contribution is -2.53. The van der Waals surface area contributed by atoms with Gasteiger partial charge in [-0.05, 0) is 19.1 Å². The van der Waals surface area contributed by atoms with Crippen LogP contribution in [0.4, 0.5) is 14.5 Å². The number of rotatable bonds is 5. The smallest absolute Gasteiger partial charge is 0.193 e. The third kappa shape index (κ3) is 5.73. The lowest BCUT2D eigenvalue weighted by molar-refractivity contribution is 0.151. The number of piperazine rings is 1. The van der Waals surface area contributed by atoms with Crippen molar-refractivity contribution in [1.82, 2.24) is 10.2 Å². The van der Waals surface area contributed by atoms with Crippen LogP contribution in [0.15, 0.2) is 23.2 Å². The molecule has 2 rings (SSSR count). The zero-order valence-corrected chi connectivity index (χ0v) is 16.4. The van der Waals surface area contributed by atoms with E-state index in [2.05, 4.69) is 15.2 Å². The van der Waals surface area contributed by atoms with Crippen molar-refractivity contribution in [1.29, 1.82) is 0 Å². The summed E-state index contributed by atoms with van der Waals surface area (Å²) in [7, 11) is 1.74. The average molecular weight is 454 g/mol. The van der Waals surface area contributed by atoms with E-state index in [-0.39, 0.29) is 29.8 Å². The van der Waals surface area contributed by atoms with Crippen molar-refractivity contribution < 1.29 is 13.5 Å². The molecule has 0 saturated carbocycles. The summed E-state index contributed by atoms with van der Waals surface area (Å²) in [4.78, 5) is 8.24. The van der Waals surface area contributed by atoms with E-state index in [1.54, 1.807) is 7.05 Å². The second-order valence-electron chi connectivity index (χ2n) is 5.24. The Bertz CT molecular complexity index is 537. The minimum Gasteiger partial charge on any atom is -0.380 e. The van der Waals surface area contributed by atoms with Crippen LogP contribution in [-0.4, -0.2) is 63.8 Å². The van der Waals surface area contributed by atoms with Gasteiger partial charge < -0.3 is 19.9 Å². The number of guanidine groups is 1. The molecule has 0 amide bonds. The van der Waals surface area contributed by atoms with Gasteiger partial charge in [0.05, 0.1) is 12.3 Å². The number of hydrogen-bond donors (Lipinski definition) is 1. The van der Waals surface area contributed by atoms with Gasteiger partial charge in [0, 0.05) is 52.4 Å². The van der Waals surface area contributed by atoms with E-state index in [1.165, 1.54) is 12.1 Å². The molecule has 0 radical (unpaired) electrons. The van der Waals surface area contributed by atoms with Gasteiger partial charge in [-0.25, -0.2) is 8.78 Å². The summed E-state index contributed by atoms with van der Waals surface area (Å²) in [5.41, 5.74) is 0.323. The lowest BCUT2D eigenvalue weighted by atomic mass is 10.2. The summed E-state index contributed by atoms with van der Waals surface area (Å²) in [6.45, 7) is 6.61. The molecule has 136 valence electrons. The van der Waals surface area contributed by atoms with Gasteiger partial charge in [-0.15, -0.1) is 24.0 Å². The summed E-state index contributed by atoms with van der Waals surface area (Å²) in [5, 5.41) is 3.25. The Hall–Kier alpha value is -1.16. The van der Waals surface area contributed by atoms with Gasteiger partial charge in [0.1, 0.15) is 11.6 Å². The topological polar surface area (TPSA) is 40.1 Å². The first kappa shape index (κ1) is 20.9. The van der Waals surface area contributed by atoms with Crippen molar-refractivity contribution in [3.05, 3.63) is 29.8 Å². The quantitative estimate of drug-likeness (QED) is 0.321. The molecule has 5 nitrogen and oxygen atoms in total. The predicted octanol–water partition coefficient (Wildman–Crippen LogP) is 2.32. The standard InChI is InChI=1S/C16H24F2N4O.HI/c1-3-23-11-6-20-16(19-2)22-9-7-21(8-10-22)15-12-13(17)4-5-14(15)18;/h4-5,12H,3,6-11H2,1-2H3,(H,19,20);1H. The lowest BCUT2D eigenvalue weighted by Gasteiger charge is -2.37. The highest BCUT2D eigenvalue weighted by atomic mass is 127. The van der Waals surface area contributed by atoms with E-state index >= 15 is 0 Å². The number of anilines is 1. The molecule has 1 fully saturated rings. The highest BCUT2D eigenvalue weighted by molar-refractivity contribution is 14.0. The second-order valence-corrected chi connectivity index (χ2v) is 5.24. The second kappa shape index (κ2) is 10.7. The third-order valence-corrected chi connectivity index (χ3v) is 3.77. The summed E-state index contributed by atoms with van der Waals surface area (Å²) in [5.74, 6) is 0.000342. The Balaban J connectivity index is 0.00000288. The summed E-state index contributed by atoms with van der Waals surface area (Å²) >= 11 is 0. The highest BCUT2D eigenvalue weighted by Gasteiger charge is 2.21. The van der Waals surface area contributed by atoms with Crippen LogP contribution in [0.2, 0.25) is 0 Å². The van der Waals surface area contributed by atoms with Crippen LogP contribution in [0.1, 0.15) is 6.92 Å². The fourth-order valence-corrected chi connectivity index (χ4v) is 2.60. The zero-order valence-electron chi connectivity index (χ0n) is 14.1. The van der Waals surface area contributed by atoms with Crippen LogP contribution in [-0.2, 0) is 4.74 Å². The maximum absolute atomic E-state index is 13.8. The minimum absolute atomic E-state index is 0. The molecule has 1 aromatic rings. The Labute approximate surface area is 159 Å². The number of aliphatic imine (C=N–C) groups is 1. The van der Waals surface area contributed by atoms with Gasteiger partial charge >= 0.3 is 0 Å². The molecule has 1 heterocycles. The molecular weight excluding hydrogens is 429 g/mol. The van der Waals surface area contributed by atoms with Crippen molar-refractivity contribution >= 4 is 35.6 Å². The van der Waals surface area contributed by atoms with Gasteiger partial charge in [0.15, 0.2) is 5.96 Å². The Morgan fingerprint density at radius 2 is 1.96 bits per heavy atom. The molecule has 1 aromatic carbocycles. The van der Waals surface area contributed by atoms with Crippen LogP contribution in [0.25, 0.3) is 0 Å². The maximum Gasteiger partial charge on any atom is 0.193 e. The molecule has 0 atom stereocenters. The van der Waals surface area contributed by atoms with E-state index in [0.717, 1.165) is 12.0 Å². The third-order valence-electron chi connectivity index (χ3n) is 3.77. The first-order valence-electron chi connectivity index (χ1n) is 7.89. The van der Waals surface area contributed by atoms with Crippen LogP contribution >= 0.6 is 24.0 Å². The molecule has 0 aliphatic carbocycles. The summed E-state index contributed by atoms with van der Waals surface area (Å²) in [6, 6.07) is 3.56. The monoisotopic (exact) mass is 454 g/mol. The van der Waals surface area contributed by atoms with Crippen LogP contribution in [0, 0.1) is 11.6 Å². The molecule has 1 aliphatic heterocycles. The first-order valence-corrected chi connectivity index (χ1v) is 7.89. The number of ether oxygens (including phenoxy) is 1. The molecule has 0 unspecified atom stereocenters. The first-order chi connectivity index (χ1) is 11.2. The van der Waals surface area contributed by atoms with Gasteiger partial charge in [-0.1, -0.05) is 0 Å². The number of hydrogen-bond acceptors (Lipinski definition) is 3. The molecule has 8 heteroatoms. The Morgan fingerprint density at radius 1 is 1.25 bits per heavy atom. The normalized spacial score (nSPS) is 15.2. The SMILES string of the molecule is CCOCCNC(=NC)N1CCN(c2cc(F)ccc2F)CC1.I. The van der Waals surface area contributed by atoms with E-state index in [1.807, 2.05) is 11.8 Å². The van der Waals surface area contributed by atoms with Gasteiger partial charge in [-0.3, -0.25) is 4.99 Å². The van der Waals surface area contributed by atoms with Gasteiger partial charge in [0.25, 0.3) is 0 Å². The molecular formula is C16H25F2IN4O. The van der Waals surface area contributed by atoms with Crippen molar-refractivity contribution in [2.45, 2.75) is 6.92 Å². The number of nitrogens with one attached hydrogen (secondary N) is 1. The van der Waals surface area contributed by atoms with Crippen LogP contribution in [0.3, 0.4) is 0 Å². The zero-order chi connectivity index (χ0) is 16.7. The molecule has 1 saturated heterocycles. The van der Waals surface area contributed by atoms with Crippen molar-refractivity contribution in [2.24, 2.45) is 4.99 Å². The number of benzene rings is 1. The van der Waals surface area contributed by atoms with Crippen molar-refractivity contribution in [3.63, 3.8) is 0 Å². The van der Waals surface area contributed by atoms with Crippen LogP contribution < -0.4 is 10.2 Å². The predicted molar refractivity (Wildman–Crippen MR) is 103 cm³/mol. The Morgan fingerprint density at radius 3 is 2.58 bits per heavy atom. The van der Waals surface area contributed by atoms with Crippen molar-refractivity contribution in [3.8, 4) is 0 Å². The Kier molecular flexibility index (Phi) is 9.27. The molecule has 1 N–H and O–H groups in total. The van der Waals surface area contributed by atoms with E-state index in [0.29, 0.717) is 51.6 Å².